The number of ether oxygens (including phenoxy) is 1. The molecule has 1 unspecified atom stereocenters. The molecule has 3 heterocycles. The van der Waals surface area contributed by atoms with Crippen molar-refractivity contribution in [2.75, 3.05) is 19.7 Å². The van der Waals surface area contributed by atoms with Crippen LogP contribution in [0.5, 0.6) is 5.88 Å². The lowest BCUT2D eigenvalue weighted by Gasteiger charge is -2.32. The number of hydrogen-bond donors (Lipinski definition) is 0. The van der Waals surface area contributed by atoms with Crippen LogP contribution in [0.1, 0.15) is 24.1 Å². The quantitative estimate of drug-likeness (QED) is 0.625. The van der Waals surface area contributed by atoms with Crippen molar-refractivity contribution in [2.45, 2.75) is 19.4 Å². The van der Waals surface area contributed by atoms with Crippen molar-refractivity contribution < 1.29 is 4.74 Å². The van der Waals surface area contributed by atoms with Crippen LogP contribution in [0.15, 0.2) is 54.0 Å². The molecule has 1 aliphatic heterocycles. The number of benzene rings is 1. The highest BCUT2D eigenvalue weighted by atomic mass is 32.1. The normalized spacial score (nSPS) is 17.2. The predicted molar refractivity (Wildman–Crippen MR) is 110 cm³/mol. The molecule has 1 fully saturated rings. The second kappa shape index (κ2) is 8.96. The van der Waals surface area contributed by atoms with E-state index in [-0.39, 0.29) is 0 Å². The Morgan fingerprint density at radius 2 is 2.14 bits per heavy atom. The standard InChI is InChI=1S/C22H22N4OS/c23-12-17-8-9-24-21(11-17)27-15-18-5-4-10-26(13-18)14-20-16-28-22(25-20)19-6-2-1-3-7-19/h1-3,6-9,11,16,18H,4-5,10,13-15H2. The van der Waals surface area contributed by atoms with Crippen molar-refractivity contribution in [1.29, 1.82) is 5.26 Å². The number of nitrogens with zero attached hydrogens (tertiary/aromatic N) is 4. The molecule has 1 aromatic carbocycles. The van der Waals surface area contributed by atoms with Gasteiger partial charge < -0.3 is 4.74 Å². The van der Waals surface area contributed by atoms with Gasteiger partial charge in [-0.3, -0.25) is 4.90 Å². The summed E-state index contributed by atoms with van der Waals surface area (Å²) in [6, 6.07) is 15.8. The zero-order chi connectivity index (χ0) is 19.2. The van der Waals surface area contributed by atoms with Gasteiger partial charge in [0.2, 0.25) is 5.88 Å². The third-order valence-corrected chi connectivity index (χ3v) is 5.83. The molecule has 0 N–H and O–H groups in total. The molecule has 3 aromatic rings. The van der Waals surface area contributed by atoms with Gasteiger partial charge in [-0.05, 0) is 25.5 Å². The lowest BCUT2D eigenvalue weighted by atomic mass is 9.99. The highest BCUT2D eigenvalue weighted by molar-refractivity contribution is 7.13. The molecule has 142 valence electrons. The molecule has 2 aromatic heterocycles. The van der Waals surface area contributed by atoms with E-state index < -0.39 is 0 Å². The zero-order valence-corrected chi connectivity index (χ0v) is 16.4. The molecule has 0 spiro atoms. The molecule has 0 amide bonds. The van der Waals surface area contributed by atoms with Gasteiger partial charge in [0, 0.05) is 42.2 Å². The van der Waals surface area contributed by atoms with E-state index in [1.165, 1.54) is 5.56 Å². The second-order valence-corrected chi connectivity index (χ2v) is 7.92. The van der Waals surface area contributed by atoms with E-state index in [4.69, 9.17) is 15.0 Å². The smallest absolute Gasteiger partial charge is 0.214 e. The van der Waals surface area contributed by atoms with Gasteiger partial charge in [0.25, 0.3) is 0 Å². The van der Waals surface area contributed by atoms with Crippen LogP contribution in [-0.2, 0) is 6.54 Å². The first-order valence-electron chi connectivity index (χ1n) is 9.51. The molecule has 0 aliphatic carbocycles. The first-order chi connectivity index (χ1) is 13.8. The largest absolute Gasteiger partial charge is 0.477 e. The lowest BCUT2D eigenvalue weighted by molar-refractivity contribution is 0.122. The van der Waals surface area contributed by atoms with E-state index in [0.717, 1.165) is 43.2 Å². The van der Waals surface area contributed by atoms with Crippen molar-refractivity contribution >= 4 is 11.3 Å². The SMILES string of the molecule is N#Cc1ccnc(OCC2CCCN(Cc3csc(-c4ccccc4)n3)C2)c1. The maximum atomic E-state index is 8.98. The van der Waals surface area contributed by atoms with Crippen LogP contribution in [-0.4, -0.2) is 34.6 Å². The van der Waals surface area contributed by atoms with E-state index in [9.17, 15) is 0 Å². The van der Waals surface area contributed by atoms with Gasteiger partial charge in [0.15, 0.2) is 0 Å². The average Bonchev–Trinajstić information content (AvgIpc) is 3.22. The number of hydrogen-bond acceptors (Lipinski definition) is 6. The number of thiazole rings is 1. The molecular weight excluding hydrogens is 368 g/mol. The van der Waals surface area contributed by atoms with Crippen LogP contribution >= 0.6 is 11.3 Å². The summed E-state index contributed by atoms with van der Waals surface area (Å²) in [5.41, 5.74) is 2.89. The van der Waals surface area contributed by atoms with Crippen molar-refractivity contribution in [3.05, 3.63) is 65.3 Å². The molecule has 1 atom stereocenters. The maximum Gasteiger partial charge on any atom is 0.214 e. The highest BCUT2D eigenvalue weighted by Crippen LogP contribution is 2.25. The molecule has 1 aliphatic rings. The van der Waals surface area contributed by atoms with Crippen LogP contribution in [0.2, 0.25) is 0 Å². The number of likely N-dealkylation sites (tertiary alicyclic amines) is 1. The number of rotatable bonds is 6. The van der Waals surface area contributed by atoms with E-state index in [0.29, 0.717) is 24.0 Å². The maximum absolute atomic E-state index is 8.98. The third kappa shape index (κ3) is 4.75. The molecule has 0 saturated carbocycles. The van der Waals surface area contributed by atoms with Crippen LogP contribution < -0.4 is 4.74 Å². The van der Waals surface area contributed by atoms with Gasteiger partial charge in [0.05, 0.1) is 23.9 Å². The van der Waals surface area contributed by atoms with Crippen molar-refractivity contribution in [2.24, 2.45) is 5.92 Å². The lowest BCUT2D eigenvalue weighted by Crippen LogP contribution is -2.37. The molecule has 0 radical (unpaired) electrons. The Kier molecular flexibility index (Phi) is 5.95. The molecule has 4 rings (SSSR count). The fraction of sp³-hybridized carbons (Fsp3) is 0.318. The summed E-state index contributed by atoms with van der Waals surface area (Å²) in [7, 11) is 0. The Morgan fingerprint density at radius 3 is 3.00 bits per heavy atom. The van der Waals surface area contributed by atoms with E-state index >= 15 is 0 Å². The van der Waals surface area contributed by atoms with Crippen molar-refractivity contribution in [3.63, 3.8) is 0 Å². The van der Waals surface area contributed by atoms with Gasteiger partial charge in [0.1, 0.15) is 5.01 Å². The Bertz CT molecular complexity index is 950. The minimum Gasteiger partial charge on any atom is -0.477 e. The monoisotopic (exact) mass is 390 g/mol. The summed E-state index contributed by atoms with van der Waals surface area (Å²) in [6.07, 6.45) is 3.93. The average molecular weight is 391 g/mol. The first-order valence-corrected chi connectivity index (χ1v) is 10.4. The van der Waals surface area contributed by atoms with Crippen molar-refractivity contribution in [3.8, 4) is 22.5 Å². The molecule has 0 bridgehead atoms. The summed E-state index contributed by atoms with van der Waals surface area (Å²) in [5, 5.41) is 12.2. The van der Waals surface area contributed by atoms with Gasteiger partial charge in [-0.25, -0.2) is 9.97 Å². The highest BCUT2D eigenvalue weighted by Gasteiger charge is 2.21. The summed E-state index contributed by atoms with van der Waals surface area (Å²) in [5.74, 6) is 0.997. The fourth-order valence-corrected chi connectivity index (χ4v) is 4.33. The third-order valence-electron chi connectivity index (χ3n) is 4.89. The minimum absolute atomic E-state index is 0.466. The van der Waals surface area contributed by atoms with Crippen LogP contribution in [0.4, 0.5) is 0 Å². The zero-order valence-electron chi connectivity index (χ0n) is 15.6. The van der Waals surface area contributed by atoms with E-state index in [2.05, 4.69) is 33.5 Å². The van der Waals surface area contributed by atoms with E-state index in [1.807, 2.05) is 18.2 Å². The van der Waals surface area contributed by atoms with Crippen LogP contribution in [0.3, 0.4) is 0 Å². The Balaban J connectivity index is 1.31. The summed E-state index contributed by atoms with van der Waals surface area (Å²) in [4.78, 5) is 11.5. The van der Waals surface area contributed by atoms with Gasteiger partial charge in [-0.15, -0.1) is 11.3 Å². The Hall–Kier alpha value is -2.75. The summed E-state index contributed by atoms with van der Waals surface area (Å²) in [6.45, 7) is 3.60. The van der Waals surface area contributed by atoms with Gasteiger partial charge in [-0.1, -0.05) is 30.3 Å². The summed E-state index contributed by atoms with van der Waals surface area (Å²) >= 11 is 1.71. The number of nitriles is 1. The number of pyridine rings is 1. The van der Waals surface area contributed by atoms with Crippen molar-refractivity contribution in [1.82, 2.24) is 14.9 Å². The Labute approximate surface area is 169 Å². The predicted octanol–water partition coefficient (Wildman–Crippen LogP) is 4.37. The Morgan fingerprint density at radius 1 is 1.25 bits per heavy atom. The molecular formula is C22H22N4OS. The van der Waals surface area contributed by atoms with Gasteiger partial charge >= 0.3 is 0 Å². The summed E-state index contributed by atoms with van der Waals surface area (Å²) < 4.78 is 5.85. The van der Waals surface area contributed by atoms with Crippen LogP contribution in [0.25, 0.3) is 10.6 Å². The first kappa shape index (κ1) is 18.6. The second-order valence-electron chi connectivity index (χ2n) is 7.06. The molecule has 6 heteroatoms. The minimum atomic E-state index is 0.466. The topological polar surface area (TPSA) is 62.0 Å². The molecule has 5 nitrogen and oxygen atoms in total. The number of piperidine rings is 1. The number of aromatic nitrogens is 2. The fourth-order valence-electron chi connectivity index (χ4n) is 3.51. The molecule has 1 saturated heterocycles. The van der Waals surface area contributed by atoms with E-state index in [1.54, 1.807) is 29.7 Å². The van der Waals surface area contributed by atoms with Crippen LogP contribution in [0, 0.1) is 17.2 Å². The van der Waals surface area contributed by atoms with Gasteiger partial charge in [-0.2, -0.15) is 5.26 Å². The molecule has 28 heavy (non-hydrogen) atoms.